The lowest BCUT2D eigenvalue weighted by Crippen LogP contribution is -2.11. The van der Waals surface area contributed by atoms with E-state index in [2.05, 4.69) is 31.3 Å². The Bertz CT molecular complexity index is 818. The number of nitriles is 1. The molecular formula is C15H14N6O. The van der Waals surface area contributed by atoms with E-state index in [1.807, 2.05) is 18.2 Å². The molecule has 0 saturated carbocycles. The first-order chi connectivity index (χ1) is 10.7. The van der Waals surface area contributed by atoms with Crippen LogP contribution in [-0.2, 0) is 0 Å². The van der Waals surface area contributed by atoms with Crippen LogP contribution in [0, 0.1) is 11.3 Å². The van der Waals surface area contributed by atoms with Crippen LogP contribution in [0.4, 0.5) is 5.69 Å². The van der Waals surface area contributed by atoms with Gasteiger partial charge < -0.3 is 15.0 Å². The lowest BCUT2D eigenvalue weighted by molar-refractivity contribution is 0.416. The second-order valence-corrected chi connectivity index (χ2v) is 4.75. The average Bonchev–Trinajstić information content (AvgIpc) is 2.98. The maximum absolute atomic E-state index is 8.86. The number of anilines is 1. The minimum atomic E-state index is -0.281. The van der Waals surface area contributed by atoms with Crippen molar-refractivity contribution in [3.63, 3.8) is 0 Å². The van der Waals surface area contributed by atoms with Crippen molar-refractivity contribution in [3.05, 3.63) is 30.7 Å². The molecule has 1 aromatic carbocycles. The molecule has 3 rings (SSSR count). The van der Waals surface area contributed by atoms with Gasteiger partial charge in [0, 0.05) is 11.8 Å². The number of H-pyrrole nitrogens is 1. The molecule has 7 heteroatoms. The molecule has 1 atom stereocenters. The number of methoxy groups -OCH3 is 1. The third kappa shape index (κ3) is 2.54. The summed E-state index contributed by atoms with van der Waals surface area (Å²) < 4.78 is 5.43. The van der Waals surface area contributed by atoms with Crippen LogP contribution in [0.1, 0.15) is 6.92 Å². The lowest BCUT2D eigenvalue weighted by atomic mass is 10.1. The molecule has 3 aromatic rings. The minimum absolute atomic E-state index is 0.281. The van der Waals surface area contributed by atoms with Gasteiger partial charge in [-0.25, -0.2) is 15.0 Å². The molecular weight excluding hydrogens is 280 g/mol. The molecule has 0 fully saturated rings. The van der Waals surface area contributed by atoms with Crippen molar-refractivity contribution < 1.29 is 4.74 Å². The number of rotatable bonds is 4. The highest BCUT2D eigenvalue weighted by molar-refractivity contribution is 5.78. The van der Waals surface area contributed by atoms with Crippen molar-refractivity contribution >= 4 is 16.9 Å². The van der Waals surface area contributed by atoms with Crippen molar-refractivity contribution in [2.45, 2.75) is 13.0 Å². The number of aromatic amines is 1. The fourth-order valence-corrected chi connectivity index (χ4v) is 2.15. The van der Waals surface area contributed by atoms with Gasteiger partial charge >= 0.3 is 0 Å². The SMILES string of the molecule is COc1cc(NC(C)C#N)ccc1-c1nc2cncnc2[nH]1. The van der Waals surface area contributed by atoms with E-state index in [-0.39, 0.29) is 6.04 Å². The van der Waals surface area contributed by atoms with Crippen LogP contribution in [0.3, 0.4) is 0 Å². The molecule has 110 valence electrons. The van der Waals surface area contributed by atoms with Crippen molar-refractivity contribution in [3.8, 4) is 23.2 Å². The predicted molar refractivity (Wildman–Crippen MR) is 82.4 cm³/mol. The van der Waals surface area contributed by atoms with Gasteiger partial charge in [-0.05, 0) is 19.1 Å². The molecule has 7 nitrogen and oxygen atoms in total. The Balaban J connectivity index is 2.01. The summed E-state index contributed by atoms with van der Waals surface area (Å²) in [6.45, 7) is 1.79. The topological polar surface area (TPSA) is 99.5 Å². The highest BCUT2D eigenvalue weighted by Gasteiger charge is 2.12. The molecule has 0 spiro atoms. The van der Waals surface area contributed by atoms with Gasteiger partial charge in [-0.2, -0.15) is 5.26 Å². The first-order valence-corrected chi connectivity index (χ1v) is 6.71. The van der Waals surface area contributed by atoms with Gasteiger partial charge in [-0.3, -0.25) is 0 Å². The molecule has 0 saturated heterocycles. The van der Waals surface area contributed by atoms with Gasteiger partial charge in [0.05, 0.1) is 24.9 Å². The van der Waals surface area contributed by atoms with Crippen LogP contribution in [-0.4, -0.2) is 33.1 Å². The van der Waals surface area contributed by atoms with Gasteiger partial charge in [0.2, 0.25) is 0 Å². The Morgan fingerprint density at radius 3 is 3.00 bits per heavy atom. The summed E-state index contributed by atoms with van der Waals surface area (Å²) in [6.07, 6.45) is 3.12. The van der Waals surface area contributed by atoms with E-state index < -0.39 is 0 Å². The van der Waals surface area contributed by atoms with Gasteiger partial charge in [-0.1, -0.05) is 0 Å². The van der Waals surface area contributed by atoms with E-state index in [0.29, 0.717) is 22.7 Å². The summed E-state index contributed by atoms with van der Waals surface area (Å²) in [5.74, 6) is 1.31. The Labute approximate surface area is 127 Å². The summed E-state index contributed by atoms with van der Waals surface area (Å²) in [6, 6.07) is 7.45. The van der Waals surface area contributed by atoms with E-state index in [1.165, 1.54) is 6.33 Å². The van der Waals surface area contributed by atoms with Crippen molar-refractivity contribution in [1.29, 1.82) is 5.26 Å². The summed E-state index contributed by atoms with van der Waals surface area (Å²) in [7, 11) is 1.60. The normalized spacial score (nSPS) is 11.9. The van der Waals surface area contributed by atoms with E-state index in [1.54, 1.807) is 20.2 Å². The fourth-order valence-electron chi connectivity index (χ4n) is 2.15. The Morgan fingerprint density at radius 1 is 1.41 bits per heavy atom. The first kappa shape index (κ1) is 13.8. The van der Waals surface area contributed by atoms with Crippen molar-refractivity contribution in [2.24, 2.45) is 0 Å². The maximum atomic E-state index is 8.86. The van der Waals surface area contributed by atoms with E-state index in [4.69, 9.17) is 10.00 Å². The molecule has 0 aliphatic heterocycles. The zero-order valence-electron chi connectivity index (χ0n) is 12.2. The third-order valence-electron chi connectivity index (χ3n) is 3.20. The Hall–Kier alpha value is -3.14. The molecule has 0 bridgehead atoms. The summed E-state index contributed by atoms with van der Waals surface area (Å²) in [5.41, 5.74) is 2.99. The smallest absolute Gasteiger partial charge is 0.161 e. The molecule has 0 aliphatic carbocycles. The third-order valence-corrected chi connectivity index (χ3v) is 3.20. The zero-order chi connectivity index (χ0) is 15.5. The number of imidazole rings is 1. The van der Waals surface area contributed by atoms with E-state index in [9.17, 15) is 0 Å². The number of fused-ring (bicyclic) bond motifs is 1. The zero-order valence-corrected chi connectivity index (χ0v) is 12.2. The number of nitrogens with one attached hydrogen (secondary N) is 2. The monoisotopic (exact) mass is 294 g/mol. The van der Waals surface area contributed by atoms with Gasteiger partial charge in [0.1, 0.15) is 29.5 Å². The lowest BCUT2D eigenvalue weighted by Gasteiger charge is -2.12. The molecule has 0 amide bonds. The molecule has 2 heterocycles. The molecule has 2 aromatic heterocycles. The fraction of sp³-hybridized carbons (Fsp3) is 0.200. The number of aromatic nitrogens is 4. The number of hydrogen-bond donors (Lipinski definition) is 2. The average molecular weight is 294 g/mol. The van der Waals surface area contributed by atoms with Gasteiger partial charge in [-0.15, -0.1) is 0 Å². The highest BCUT2D eigenvalue weighted by atomic mass is 16.5. The second kappa shape index (κ2) is 5.69. The summed E-state index contributed by atoms with van der Waals surface area (Å²) >= 11 is 0. The Morgan fingerprint density at radius 2 is 2.27 bits per heavy atom. The predicted octanol–water partition coefficient (Wildman–Crippen LogP) is 2.35. The van der Waals surface area contributed by atoms with Gasteiger partial charge in [0.15, 0.2) is 5.65 Å². The van der Waals surface area contributed by atoms with Gasteiger partial charge in [0.25, 0.3) is 0 Å². The summed E-state index contributed by atoms with van der Waals surface area (Å²) in [4.78, 5) is 15.7. The molecule has 0 radical (unpaired) electrons. The van der Waals surface area contributed by atoms with Crippen LogP contribution in [0.2, 0.25) is 0 Å². The van der Waals surface area contributed by atoms with Crippen molar-refractivity contribution in [2.75, 3.05) is 12.4 Å². The van der Waals surface area contributed by atoms with Crippen LogP contribution in [0.15, 0.2) is 30.7 Å². The number of benzene rings is 1. The molecule has 22 heavy (non-hydrogen) atoms. The Kier molecular flexibility index (Phi) is 3.58. The number of ether oxygens (including phenoxy) is 1. The molecule has 0 aliphatic rings. The largest absolute Gasteiger partial charge is 0.496 e. The maximum Gasteiger partial charge on any atom is 0.161 e. The first-order valence-electron chi connectivity index (χ1n) is 6.71. The molecule has 2 N–H and O–H groups in total. The number of nitrogens with zero attached hydrogens (tertiary/aromatic N) is 4. The minimum Gasteiger partial charge on any atom is -0.496 e. The van der Waals surface area contributed by atoms with E-state index in [0.717, 1.165) is 11.3 Å². The number of hydrogen-bond acceptors (Lipinski definition) is 6. The van der Waals surface area contributed by atoms with Crippen molar-refractivity contribution in [1.82, 2.24) is 19.9 Å². The van der Waals surface area contributed by atoms with Crippen LogP contribution < -0.4 is 10.1 Å². The quantitative estimate of drug-likeness (QED) is 0.766. The summed E-state index contributed by atoms with van der Waals surface area (Å²) in [5, 5.41) is 11.9. The van der Waals surface area contributed by atoms with Crippen LogP contribution >= 0.6 is 0 Å². The van der Waals surface area contributed by atoms with Crippen LogP contribution in [0.25, 0.3) is 22.6 Å². The standard InChI is InChI=1S/C15H14N6O/c1-9(6-16)19-10-3-4-11(13(5-10)22-2)14-20-12-7-17-8-18-15(12)21-14/h3-5,7-9,19H,1-2H3,(H,17,18,20,21). The van der Waals surface area contributed by atoms with Crippen LogP contribution in [0.5, 0.6) is 5.75 Å². The second-order valence-electron chi connectivity index (χ2n) is 4.75. The van der Waals surface area contributed by atoms with E-state index >= 15 is 0 Å². The highest BCUT2D eigenvalue weighted by Crippen LogP contribution is 2.31. The molecule has 1 unspecified atom stereocenters.